The van der Waals surface area contributed by atoms with Crippen LogP contribution in [0.25, 0.3) is 11.3 Å². The highest BCUT2D eigenvalue weighted by molar-refractivity contribution is 5.99. The Balaban J connectivity index is 1.62. The molecule has 12 nitrogen and oxygen atoms in total. The van der Waals surface area contributed by atoms with Gasteiger partial charge in [0.15, 0.2) is 0 Å². The van der Waals surface area contributed by atoms with Gasteiger partial charge in [-0.3, -0.25) is 24.7 Å². The number of nitro groups is 1. The number of nitrogens with one attached hydrogen (secondary N) is 2. The molecule has 0 spiro atoms. The molecule has 0 aliphatic heterocycles. The number of carbonyl (C=O) groups excluding carboxylic acids is 1. The maximum absolute atomic E-state index is 12.1. The van der Waals surface area contributed by atoms with Crippen molar-refractivity contribution in [3.8, 4) is 17.3 Å². The summed E-state index contributed by atoms with van der Waals surface area (Å²) in [5.41, 5.74) is 1.57. The van der Waals surface area contributed by atoms with Crippen molar-refractivity contribution in [1.82, 2.24) is 25.3 Å². The second-order valence-corrected chi connectivity index (χ2v) is 6.17. The van der Waals surface area contributed by atoms with Crippen LogP contribution < -0.4 is 5.32 Å². The SMILES string of the molecule is C/C(=N\O)c1cc(C(=O)NCCn2ccc(-c3ccc(C#N)c([N+](=O)[O-])c3)n2)[nH]n1. The lowest BCUT2D eigenvalue weighted by molar-refractivity contribution is -0.385. The molecule has 0 unspecified atom stereocenters. The summed E-state index contributed by atoms with van der Waals surface area (Å²) in [4.78, 5) is 22.6. The number of carbonyl (C=O) groups is 1. The van der Waals surface area contributed by atoms with E-state index < -0.39 is 4.92 Å². The van der Waals surface area contributed by atoms with Crippen LogP contribution in [0.15, 0.2) is 41.7 Å². The van der Waals surface area contributed by atoms with Gasteiger partial charge in [-0.05, 0) is 25.1 Å². The molecule has 0 aliphatic rings. The third-order valence-corrected chi connectivity index (χ3v) is 4.22. The topological polar surface area (TPSA) is 175 Å². The first-order chi connectivity index (χ1) is 14.4. The lowest BCUT2D eigenvalue weighted by atomic mass is 10.1. The zero-order valence-electron chi connectivity index (χ0n) is 15.7. The summed E-state index contributed by atoms with van der Waals surface area (Å²) in [7, 11) is 0. The molecule has 0 atom stereocenters. The number of nitriles is 1. The number of hydrogen-bond donors (Lipinski definition) is 3. The monoisotopic (exact) mass is 408 g/mol. The van der Waals surface area contributed by atoms with E-state index in [4.69, 9.17) is 10.5 Å². The molecule has 30 heavy (non-hydrogen) atoms. The lowest BCUT2D eigenvalue weighted by Crippen LogP contribution is -2.27. The number of aromatic nitrogens is 4. The Labute approximate surface area is 169 Å². The molecule has 3 N–H and O–H groups in total. The van der Waals surface area contributed by atoms with E-state index >= 15 is 0 Å². The number of oxime groups is 1. The fourth-order valence-corrected chi connectivity index (χ4v) is 2.63. The summed E-state index contributed by atoms with van der Waals surface area (Å²) in [5.74, 6) is -0.380. The highest BCUT2D eigenvalue weighted by atomic mass is 16.6. The minimum Gasteiger partial charge on any atom is -0.411 e. The molecule has 0 saturated carbocycles. The third-order valence-electron chi connectivity index (χ3n) is 4.22. The molecule has 0 aliphatic carbocycles. The number of amides is 1. The number of hydrogen-bond acceptors (Lipinski definition) is 8. The number of nitrogens with zero attached hydrogens (tertiary/aromatic N) is 6. The molecule has 12 heteroatoms. The number of rotatable bonds is 7. The van der Waals surface area contributed by atoms with Gasteiger partial charge in [0.05, 0.1) is 17.2 Å². The largest absolute Gasteiger partial charge is 0.411 e. The number of H-pyrrole nitrogens is 1. The van der Waals surface area contributed by atoms with Crippen LogP contribution in [-0.4, -0.2) is 48.3 Å². The van der Waals surface area contributed by atoms with E-state index in [1.165, 1.54) is 18.2 Å². The lowest BCUT2D eigenvalue weighted by Gasteiger charge is -2.04. The summed E-state index contributed by atoms with van der Waals surface area (Å²) >= 11 is 0. The van der Waals surface area contributed by atoms with E-state index in [0.29, 0.717) is 23.5 Å². The maximum Gasteiger partial charge on any atom is 0.287 e. The van der Waals surface area contributed by atoms with E-state index in [9.17, 15) is 14.9 Å². The molecule has 0 saturated heterocycles. The normalized spacial score (nSPS) is 11.1. The summed E-state index contributed by atoms with van der Waals surface area (Å²) in [6.07, 6.45) is 1.68. The van der Waals surface area contributed by atoms with Crippen molar-refractivity contribution in [3.63, 3.8) is 0 Å². The highest BCUT2D eigenvalue weighted by Crippen LogP contribution is 2.25. The van der Waals surface area contributed by atoms with Crippen LogP contribution in [0, 0.1) is 21.4 Å². The third kappa shape index (κ3) is 4.30. The predicted octanol–water partition coefficient (Wildman–Crippen LogP) is 1.68. The van der Waals surface area contributed by atoms with Gasteiger partial charge in [0.2, 0.25) is 0 Å². The van der Waals surface area contributed by atoms with Crippen molar-refractivity contribution >= 4 is 17.3 Å². The van der Waals surface area contributed by atoms with Gasteiger partial charge in [-0.25, -0.2) is 0 Å². The van der Waals surface area contributed by atoms with E-state index in [0.717, 1.165) is 0 Å². The van der Waals surface area contributed by atoms with E-state index in [1.54, 1.807) is 36.0 Å². The average Bonchev–Trinajstić information content (AvgIpc) is 3.42. The van der Waals surface area contributed by atoms with Gasteiger partial charge in [0.25, 0.3) is 11.6 Å². The molecule has 2 aromatic heterocycles. The second kappa shape index (κ2) is 8.65. The second-order valence-electron chi connectivity index (χ2n) is 6.17. The molecule has 3 aromatic rings. The summed E-state index contributed by atoms with van der Waals surface area (Å²) < 4.78 is 1.58. The van der Waals surface area contributed by atoms with Crippen LogP contribution in [0.5, 0.6) is 0 Å². The Morgan fingerprint density at radius 2 is 2.23 bits per heavy atom. The number of nitro benzene ring substituents is 1. The van der Waals surface area contributed by atoms with E-state index in [2.05, 4.69) is 25.8 Å². The van der Waals surface area contributed by atoms with Gasteiger partial charge in [-0.2, -0.15) is 15.5 Å². The fourth-order valence-electron chi connectivity index (χ4n) is 2.63. The molecule has 0 bridgehead atoms. The summed E-state index contributed by atoms with van der Waals surface area (Å²) in [6.45, 7) is 2.19. The van der Waals surface area contributed by atoms with Gasteiger partial charge in [0, 0.05) is 24.4 Å². The Hall–Kier alpha value is -4.53. The van der Waals surface area contributed by atoms with Crippen molar-refractivity contribution < 1.29 is 14.9 Å². The van der Waals surface area contributed by atoms with Gasteiger partial charge < -0.3 is 10.5 Å². The Kier molecular flexibility index (Phi) is 5.83. The first-order valence-electron chi connectivity index (χ1n) is 8.68. The molecule has 0 fully saturated rings. The molecule has 1 amide bonds. The average molecular weight is 408 g/mol. The van der Waals surface area contributed by atoms with Crippen molar-refractivity contribution in [1.29, 1.82) is 5.26 Å². The Bertz CT molecular complexity index is 1170. The van der Waals surface area contributed by atoms with Crippen molar-refractivity contribution in [2.75, 3.05) is 6.54 Å². The molecule has 0 radical (unpaired) electrons. The van der Waals surface area contributed by atoms with Crippen LogP contribution in [0.2, 0.25) is 0 Å². The van der Waals surface area contributed by atoms with Gasteiger partial charge in [0.1, 0.15) is 28.7 Å². The van der Waals surface area contributed by atoms with Crippen LogP contribution in [0.3, 0.4) is 0 Å². The first kappa shape index (κ1) is 20.2. The Morgan fingerprint density at radius 1 is 1.43 bits per heavy atom. The van der Waals surface area contributed by atoms with Crippen molar-refractivity contribution in [3.05, 3.63) is 63.6 Å². The van der Waals surface area contributed by atoms with E-state index in [1.807, 2.05) is 0 Å². The molecular weight excluding hydrogens is 392 g/mol. The standard InChI is InChI=1S/C18H16N8O4/c1-11(24-28)15-9-16(22-21-15)18(27)20-5-7-25-6-4-14(23-25)12-2-3-13(10-19)17(8-12)26(29)30/h2-4,6,8-9,28H,5,7H2,1H3,(H,20,27)(H,21,22)/b24-11+. The minimum atomic E-state index is -0.608. The maximum atomic E-state index is 12.1. The zero-order valence-corrected chi connectivity index (χ0v) is 15.7. The molecule has 2 heterocycles. The zero-order chi connectivity index (χ0) is 21.7. The molecule has 3 rings (SSSR count). The smallest absolute Gasteiger partial charge is 0.287 e. The quantitative estimate of drug-likeness (QED) is 0.230. The highest BCUT2D eigenvalue weighted by Gasteiger charge is 2.16. The van der Waals surface area contributed by atoms with Gasteiger partial charge in [-0.15, -0.1) is 0 Å². The van der Waals surface area contributed by atoms with Gasteiger partial charge >= 0.3 is 0 Å². The summed E-state index contributed by atoms with van der Waals surface area (Å²) in [5, 5.41) is 45.3. The van der Waals surface area contributed by atoms with Gasteiger partial charge in [-0.1, -0.05) is 11.2 Å². The molecular formula is C18H16N8O4. The number of benzene rings is 1. The predicted molar refractivity (Wildman–Crippen MR) is 104 cm³/mol. The molecule has 152 valence electrons. The van der Waals surface area contributed by atoms with E-state index in [-0.39, 0.29) is 35.1 Å². The van der Waals surface area contributed by atoms with Crippen LogP contribution >= 0.6 is 0 Å². The first-order valence-corrected chi connectivity index (χ1v) is 8.68. The number of aromatic amines is 1. The fraction of sp³-hybridized carbons (Fsp3) is 0.167. The Morgan fingerprint density at radius 3 is 2.93 bits per heavy atom. The summed E-state index contributed by atoms with van der Waals surface area (Å²) in [6, 6.07) is 9.22. The van der Waals surface area contributed by atoms with Crippen molar-refractivity contribution in [2.45, 2.75) is 13.5 Å². The van der Waals surface area contributed by atoms with Crippen LogP contribution in [0.4, 0.5) is 5.69 Å². The van der Waals surface area contributed by atoms with Crippen molar-refractivity contribution in [2.24, 2.45) is 5.16 Å². The molecule has 1 aromatic carbocycles. The van der Waals surface area contributed by atoms with Crippen LogP contribution in [-0.2, 0) is 6.54 Å². The minimum absolute atomic E-state index is 0.0201. The van der Waals surface area contributed by atoms with Crippen LogP contribution in [0.1, 0.15) is 28.7 Å².